The summed E-state index contributed by atoms with van der Waals surface area (Å²) in [5, 5.41) is 11.7. The second kappa shape index (κ2) is 5.77. The molecule has 0 amide bonds. The van der Waals surface area contributed by atoms with Crippen LogP contribution in [0.4, 0.5) is 14.5 Å². The Morgan fingerprint density at radius 1 is 1.25 bits per heavy atom. The molecule has 0 aromatic heterocycles. The second-order valence-corrected chi connectivity index (χ2v) is 5.82. The molecule has 1 aliphatic carbocycles. The summed E-state index contributed by atoms with van der Waals surface area (Å²) < 4.78 is 27.4. The molecular weight excluding hydrogens is 264 g/mol. The summed E-state index contributed by atoms with van der Waals surface area (Å²) in [7, 11) is 0. The molecule has 1 fully saturated rings. The van der Waals surface area contributed by atoms with Crippen molar-refractivity contribution in [1.29, 1.82) is 0 Å². The molecule has 2 rings (SSSR count). The Morgan fingerprint density at radius 2 is 1.90 bits per heavy atom. The smallest absolute Gasteiger partial charge is 0.338 e. The summed E-state index contributed by atoms with van der Waals surface area (Å²) in [6, 6.07) is 2.38. The Morgan fingerprint density at radius 3 is 2.50 bits per heavy atom. The quantitative estimate of drug-likeness (QED) is 0.876. The molecule has 0 radical (unpaired) electrons. The Labute approximate surface area is 117 Å². The largest absolute Gasteiger partial charge is 0.478 e. The number of carboxylic acid groups (broad SMARTS) is 1. The molecule has 0 bridgehead atoms. The van der Waals surface area contributed by atoms with E-state index in [2.05, 4.69) is 12.2 Å². The van der Waals surface area contributed by atoms with Crippen LogP contribution in [0.5, 0.6) is 0 Å². The minimum absolute atomic E-state index is 0.0271. The standard InChI is InChI=1S/C15H19F2NO2/c1-15(7-3-2-4-8-15)9-18-11-6-5-10(14(19)20)12(16)13(11)17/h5-6,18H,2-4,7-9H2,1H3,(H,19,20). The number of hydrogen-bond acceptors (Lipinski definition) is 2. The van der Waals surface area contributed by atoms with Gasteiger partial charge in [-0.05, 0) is 30.4 Å². The molecule has 20 heavy (non-hydrogen) atoms. The molecule has 1 saturated carbocycles. The first-order valence-corrected chi connectivity index (χ1v) is 6.88. The molecular formula is C15H19F2NO2. The third-order valence-corrected chi connectivity index (χ3v) is 4.08. The number of carboxylic acids is 1. The fraction of sp³-hybridized carbons (Fsp3) is 0.533. The lowest BCUT2D eigenvalue weighted by Crippen LogP contribution is -2.29. The molecule has 5 heteroatoms. The Bertz CT molecular complexity index is 511. The van der Waals surface area contributed by atoms with E-state index in [1.807, 2.05) is 0 Å². The van der Waals surface area contributed by atoms with Crippen molar-refractivity contribution in [2.45, 2.75) is 39.0 Å². The lowest BCUT2D eigenvalue weighted by molar-refractivity contribution is 0.0690. The maximum Gasteiger partial charge on any atom is 0.338 e. The third kappa shape index (κ3) is 3.08. The van der Waals surface area contributed by atoms with Gasteiger partial charge in [0.1, 0.15) is 0 Å². The SMILES string of the molecule is CC1(CNc2ccc(C(=O)O)c(F)c2F)CCCCC1. The van der Waals surface area contributed by atoms with E-state index in [4.69, 9.17) is 5.11 Å². The summed E-state index contributed by atoms with van der Waals surface area (Å²) in [6.45, 7) is 2.70. The summed E-state index contributed by atoms with van der Waals surface area (Å²) in [5.41, 5.74) is -0.525. The van der Waals surface area contributed by atoms with Crippen LogP contribution >= 0.6 is 0 Å². The van der Waals surface area contributed by atoms with Crippen molar-refractivity contribution in [1.82, 2.24) is 0 Å². The Balaban J connectivity index is 2.10. The van der Waals surface area contributed by atoms with E-state index in [1.54, 1.807) is 0 Å². The van der Waals surface area contributed by atoms with Crippen molar-refractivity contribution in [3.05, 3.63) is 29.3 Å². The zero-order valence-corrected chi connectivity index (χ0v) is 11.5. The van der Waals surface area contributed by atoms with Crippen molar-refractivity contribution in [3.63, 3.8) is 0 Å². The molecule has 0 unspecified atom stereocenters. The van der Waals surface area contributed by atoms with Crippen LogP contribution in [-0.4, -0.2) is 17.6 Å². The van der Waals surface area contributed by atoms with Crippen molar-refractivity contribution >= 4 is 11.7 Å². The molecule has 110 valence electrons. The Hall–Kier alpha value is -1.65. The van der Waals surface area contributed by atoms with Crippen LogP contribution in [0.25, 0.3) is 0 Å². The number of nitrogens with one attached hydrogen (secondary N) is 1. The van der Waals surface area contributed by atoms with Gasteiger partial charge in [-0.1, -0.05) is 26.2 Å². The van der Waals surface area contributed by atoms with Crippen LogP contribution in [0.3, 0.4) is 0 Å². The number of aromatic carboxylic acids is 1. The number of benzene rings is 1. The van der Waals surface area contributed by atoms with Crippen molar-refractivity contribution in [2.75, 3.05) is 11.9 Å². The highest BCUT2D eigenvalue weighted by molar-refractivity contribution is 5.88. The molecule has 1 aromatic carbocycles. The molecule has 1 aliphatic rings. The highest BCUT2D eigenvalue weighted by Crippen LogP contribution is 2.36. The first-order valence-electron chi connectivity index (χ1n) is 6.88. The molecule has 0 spiro atoms. The summed E-state index contributed by atoms with van der Waals surface area (Å²) in [6.07, 6.45) is 5.68. The van der Waals surface area contributed by atoms with Crippen molar-refractivity contribution < 1.29 is 18.7 Å². The molecule has 1 aromatic rings. The lowest BCUT2D eigenvalue weighted by Gasteiger charge is -2.34. The number of rotatable bonds is 4. The van der Waals surface area contributed by atoms with Crippen LogP contribution in [0.2, 0.25) is 0 Å². The van der Waals surface area contributed by atoms with Gasteiger partial charge in [0.15, 0.2) is 11.6 Å². The number of anilines is 1. The van der Waals surface area contributed by atoms with E-state index < -0.39 is 23.2 Å². The van der Waals surface area contributed by atoms with Crippen LogP contribution in [0.1, 0.15) is 49.4 Å². The fourth-order valence-electron chi connectivity index (χ4n) is 2.74. The number of hydrogen-bond donors (Lipinski definition) is 2. The average molecular weight is 283 g/mol. The predicted molar refractivity (Wildman–Crippen MR) is 73.0 cm³/mol. The Kier molecular flexibility index (Phi) is 4.26. The van der Waals surface area contributed by atoms with E-state index >= 15 is 0 Å². The minimum Gasteiger partial charge on any atom is -0.478 e. The maximum atomic E-state index is 13.8. The van der Waals surface area contributed by atoms with E-state index in [0.717, 1.165) is 31.7 Å². The van der Waals surface area contributed by atoms with Gasteiger partial charge in [0.2, 0.25) is 0 Å². The first kappa shape index (κ1) is 14.8. The highest BCUT2D eigenvalue weighted by Gasteiger charge is 2.27. The van der Waals surface area contributed by atoms with Gasteiger partial charge in [-0.25, -0.2) is 13.6 Å². The lowest BCUT2D eigenvalue weighted by atomic mass is 9.76. The molecule has 0 heterocycles. The summed E-state index contributed by atoms with van der Waals surface area (Å²) >= 11 is 0. The van der Waals surface area contributed by atoms with Gasteiger partial charge in [0.25, 0.3) is 0 Å². The molecule has 0 aliphatic heterocycles. The summed E-state index contributed by atoms with van der Waals surface area (Å²) in [4.78, 5) is 10.7. The monoisotopic (exact) mass is 283 g/mol. The number of halogens is 2. The van der Waals surface area contributed by atoms with Crippen LogP contribution in [-0.2, 0) is 0 Å². The van der Waals surface area contributed by atoms with Crippen LogP contribution in [0.15, 0.2) is 12.1 Å². The molecule has 0 atom stereocenters. The van der Waals surface area contributed by atoms with Gasteiger partial charge in [-0.15, -0.1) is 0 Å². The second-order valence-electron chi connectivity index (χ2n) is 5.82. The summed E-state index contributed by atoms with van der Waals surface area (Å²) in [5.74, 6) is -3.90. The van der Waals surface area contributed by atoms with Crippen molar-refractivity contribution in [3.8, 4) is 0 Å². The van der Waals surface area contributed by atoms with E-state index in [0.29, 0.717) is 6.54 Å². The average Bonchev–Trinajstić information content (AvgIpc) is 2.41. The van der Waals surface area contributed by atoms with E-state index in [9.17, 15) is 13.6 Å². The highest BCUT2D eigenvalue weighted by atomic mass is 19.2. The minimum atomic E-state index is -1.47. The predicted octanol–water partition coefficient (Wildman–Crippen LogP) is 4.05. The van der Waals surface area contributed by atoms with E-state index in [1.165, 1.54) is 12.5 Å². The van der Waals surface area contributed by atoms with Gasteiger partial charge in [0.05, 0.1) is 11.3 Å². The van der Waals surface area contributed by atoms with E-state index in [-0.39, 0.29) is 11.1 Å². The topological polar surface area (TPSA) is 49.3 Å². The third-order valence-electron chi connectivity index (χ3n) is 4.08. The van der Waals surface area contributed by atoms with Crippen LogP contribution < -0.4 is 5.32 Å². The normalized spacial score (nSPS) is 17.8. The van der Waals surface area contributed by atoms with Gasteiger partial charge in [-0.2, -0.15) is 0 Å². The van der Waals surface area contributed by atoms with Gasteiger partial charge in [-0.3, -0.25) is 0 Å². The molecule has 2 N–H and O–H groups in total. The van der Waals surface area contributed by atoms with Crippen LogP contribution in [0, 0.1) is 17.0 Å². The van der Waals surface area contributed by atoms with Gasteiger partial charge in [0, 0.05) is 6.54 Å². The number of carbonyl (C=O) groups is 1. The van der Waals surface area contributed by atoms with Gasteiger partial charge < -0.3 is 10.4 Å². The molecule has 0 saturated heterocycles. The maximum absolute atomic E-state index is 13.8. The fourth-order valence-corrected chi connectivity index (χ4v) is 2.74. The molecule has 3 nitrogen and oxygen atoms in total. The first-order chi connectivity index (χ1) is 9.43. The zero-order valence-electron chi connectivity index (χ0n) is 11.5. The van der Waals surface area contributed by atoms with Crippen molar-refractivity contribution in [2.24, 2.45) is 5.41 Å². The zero-order chi connectivity index (χ0) is 14.8. The van der Waals surface area contributed by atoms with Gasteiger partial charge >= 0.3 is 5.97 Å².